The standard InChI is InChI=1S/C23H19N5O5S/c1-33-21-9-7-17(8-10-21)15-34-23-25-24-22(26(23)14-16-5-3-2-4-6-16)18-11-19(27(29)30)13-20(12-18)28(31)32/h2-13H,14-15H2,1H3. The summed E-state index contributed by atoms with van der Waals surface area (Å²) in [5.74, 6) is 1.68. The maximum atomic E-state index is 11.4. The lowest BCUT2D eigenvalue weighted by Crippen LogP contribution is -2.05. The number of nitrogens with zero attached hydrogens (tertiary/aromatic N) is 5. The number of benzene rings is 3. The summed E-state index contributed by atoms with van der Waals surface area (Å²) >= 11 is 1.45. The van der Waals surface area contributed by atoms with Crippen LogP contribution < -0.4 is 4.74 Å². The monoisotopic (exact) mass is 477 g/mol. The quantitative estimate of drug-likeness (QED) is 0.185. The number of hydrogen-bond donors (Lipinski definition) is 0. The molecule has 4 aromatic rings. The Hall–Kier alpha value is -4.25. The molecule has 3 aromatic carbocycles. The van der Waals surface area contributed by atoms with Crippen LogP contribution in [0.15, 0.2) is 78.0 Å². The van der Waals surface area contributed by atoms with Crippen LogP contribution in [0.1, 0.15) is 11.1 Å². The number of rotatable bonds is 9. The number of ether oxygens (including phenoxy) is 1. The molecule has 0 spiro atoms. The molecular formula is C23H19N5O5S. The third-order valence-corrected chi connectivity index (χ3v) is 6.05. The second-order valence-electron chi connectivity index (χ2n) is 7.27. The lowest BCUT2D eigenvalue weighted by Gasteiger charge is -2.11. The molecule has 0 radical (unpaired) electrons. The first-order valence-electron chi connectivity index (χ1n) is 10.1. The highest BCUT2D eigenvalue weighted by Crippen LogP contribution is 2.32. The average molecular weight is 478 g/mol. The maximum Gasteiger partial charge on any atom is 0.277 e. The molecule has 0 aliphatic heterocycles. The zero-order valence-corrected chi connectivity index (χ0v) is 18.8. The van der Waals surface area contributed by atoms with Gasteiger partial charge in [-0.05, 0) is 23.3 Å². The van der Waals surface area contributed by atoms with Gasteiger partial charge in [-0.25, -0.2) is 0 Å². The summed E-state index contributed by atoms with van der Waals surface area (Å²) in [5, 5.41) is 31.9. The fraction of sp³-hybridized carbons (Fsp3) is 0.130. The van der Waals surface area contributed by atoms with Gasteiger partial charge in [0, 0.05) is 23.4 Å². The van der Waals surface area contributed by atoms with E-state index in [1.165, 1.54) is 23.9 Å². The second-order valence-corrected chi connectivity index (χ2v) is 8.21. The van der Waals surface area contributed by atoms with E-state index in [-0.39, 0.29) is 16.9 Å². The Balaban J connectivity index is 1.73. The van der Waals surface area contributed by atoms with Crippen molar-refractivity contribution in [2.45, 2.75) is 17.5 Å². The van der Waals surface area contributed by atoms with Crippen molar-refractivity contribution in [3.05, 3.63) is 104 Å². The third kappa shape index (κ3) is 5.21. The van der Waals surface area contributed by atoms with Crippen LogP contribution in [0.2, 0.25) is 0 Å². The first-order chi connectivity index (χ1) is 16.4. The van der Waals surface area contributed by atoms with E-state index < -0.39 is 9.85 Å². The predicted molar refractivity (Wildman–Crippen MR) is 127 cm³/mol. The Bertz CT molecular complexity index is 1290. The fourth-order valence-electron chi connectivity index (χ4n) is 3.32. The van der Waals surface area contributed by atoms with Gasteiger partial charge in [-0.15, -0.1) is 10.2 Å². The number of thioether (sulfide) groups is 1. The molecule has 1 heterocycles. The van der Waals surface area contributed by atoms with Crippen LogP contribution in [0.3, 0.4) is 0 Å². The highest BCUT2D eigenvalue weighted by atomic mass is 32.2. The minimum Gasteiger partial charge on any atom is -0.497 e. The van der Waals surface area contributed by atoms with Gasteiger partial charge in [0.15, 0.2) is 11.0 Å². The Morgan fingerprint density at radius 1 is 0.882 bits per heavy atom. The Morgan fingerprint density at radius 3 is 2.12 bits per heavy atom. The van der Waals surface area contributed by atoms with Gasteiger partial charge in [-0.1, -0.05) is 54.2 Å². The minimum absolute atomic E-state index is 0.251. The van der Waals surface area contributed by atoms with Crippen molar-refractivity contribution in [3.63, 3.8) is 0 Å². The zero-order chi connectivity index (χ0) is 24.1. The second kappa shape index (κ2) is 10.1. The average Bonchev–Trinajstić information content (AvgIpc) is 3.25. The van der Waals surface area contributed by atoms with Crippen molar-refractivity contribution in [1.82, 2.24) is 14.8 Å². The van der Waals surface area contributed by atoms with E-state index in [9.17, 15) is 20.2 Å². The van der Waals surface area contributed by atoms with Crippen molar-refractivity contribution in [3.8, 4) is 17.1 Å². The van der Waals surface area contributed by atoms with Crippen molar-refractivity contribution >= 4 is 23.1 Å². The highest BCUT2D eigenvalue weighted by Gasteiger charge is 2.22. The number of non-ortho nitro benzene ring substituents is 2. The van der Waals surface area contributed by atoms with E-state index in [1.807, 2.05) is 59.2 Å². The third-order valence-electron chi connectivity index (χ3n) is 5.01. The minimum atomic E-state index is -0.659. The molecule has 0 unspecified atom stereocenters. The summed E-state index contributed by atoms with van der Waals surface area (Å²) in [5.41, 5.74) is 1.50. The predicted octanol–water partition coefficient (Wildman–Crippen LogP) is 5.11. The number of hydrogen-bond acceptors (Lipinski definition) is 8. The molecule has 0 aliphatic rings. The largest absolute Gasteiger partial charge is 0.497 e. The number of nitro groups is 2. The summed E-state index contributed by atoms with van der Waals surface area (Å²) in [6.07, 6.45) is 0. The summed E-state index contributed by atoms with van der Waals surface area (Å²) < 4.78 is 7.01. The van der Waals surface area contributed by atoms with E-state index in [2.05, 4.69) is 10.2 Å². The van der Waals surface area contributed by atoms with E-state index >= 15 is 0 Å². The van der Waals surface area contributed by atoms with E-state index in [4.69, 9.17) is 4.74 Å². The first-order valence-corrected chi connectivity index (χ1v) is 11.1. The van der Waals surface area contributed by atoms with Gasteiger partial charge in [0.25, 0.3) is 11.4 Å². The van der Waals surface area contributed by atoms with Gasteiger partial charge in [0.1, 0.15) is 5.75 Å². The van der Waals surface area contributed by atoms with Gasteiger partial charge in [0.2, 0.25) is 0 Å². The van der Waals surface area contributed by atoms with E-state index in [0.29, 0.717) is 23.3 Å². The number of aromatic nitrogens is 3. The molecule has 10 nitrogen and oxygen atoms in total. The smallest absolute Gasteiger partial charge is 0.277 e. The van der Waals surface area contributed by atoms with Crippen LogP contribution in [0.4, 0.5) is 11.4 Å². The van der Waals surface area contributed by atoms with Crippen LogP contribution in [0.5, 0.6) is 5.75 Å². The topological polar surface area (TPSA) is 126 Å². The number of methoxy groups -OCH3 is 1. The molecule has 0 amide bonds. The van der Waals surface area contributed by atoms with Crippen LogP contribution in [-0.4, -0.2) is 31.7 Å². The SMILES string of the molecule is COc1ccc(CSc2nnc(-c3cc([N+](=O)[O-])cc([N+](=O)[O-])c3)n2Cc2ccccc2)cc1. The van der Waals surface area contributed by atoms with Crippen molar-refractivity contribution in [2.24, 2.45) is 0 Å². The fourth-order valence-corrected chi connectivity index (χ4v) is 4.22. The molecule has 0 aliphatic carbocycles. The molecule has 172 valence electrons. The molecule has 4 rings (SSSR count). The van der Waals surface area contributed by atoms with Crippen molar-refractivity contribution in [2.75, 3.05) is 7.11 Å². The Morgan fingerprint density at radius 2 is 1.53 bits per heavy atom. The maximum absolute atomic E-state index is 11.4. The van der Waals surface area contributed by atoms with Crippen LogP contribution >= 0.6 is 11.8 Å². The van der Waals surface area contributed by atoms with Gasteiger partial charge in [-0.2, -0.15) is 0 Å². The molecule has 0 saturated heterocycles. The Labute approximate surface area is 198 Å². The van der Waals surface area contributed by atoms with Crippen molar-refractivity contribution in [1.29, 1.82) is 0 Å². The normalized spacial score (nSPS) is 10.7. The molecule has 11 heteroatoms. The summed E-state index contributed by atoms with van der Waals surface area (Å²) in [6.45, 7) is 0.393. The van der Waals surface area contributed by atoms with Crippen LogP contribution in [0, 0.1) is 20.2 Å². The highest BCUT2D eigenvalue weighted by molar-refractivity contribution is 7.98. The molecule has 0 fully saturated rings. The molecule has 1 aromatic heterocycles. The molecular weight excluding hydrogens is 458 g/mol. The Kier molecular flexibility index (Phi) is 6.83. The molecule has 34 heavy (non-hydrogen) atoms. The van der Waals surface area contributed by atoms with Crippen LogP contribution in [-0.2, 0) is 12.3 Å². The van der Waals surface area contributed by atoms with Crippen LogP contribution in [0.25, 0.3) is 11.4 Å². The van der Waals surface area contributed by atoms with E-state index in [0.717, 1.165) is 22.9 Å². The first kappa shape index (κ1) is 22.9. The zero-order valence-electron chi connectivity index (χ0n) is 18.0. The van der Waals surface area contributed by atoms with E-state index in [1.54, 1.807) is 7.11 Å². The van der Waals surface area contributed by atoms with Gasteiger partial charge >= 0.3 is 0 Å². The van der Waals surface area contributed by atoms with Gasteiger partial charge in [0.05, 0.1) is 29.6 Å². The molecule has 0 N–H and O–H groups in total. The van der Waals surface area contributed by atoms with Gasteiger partial charge in [-0.3, -0.25) is 24.8 Å². The molecule has 0 atom stereocenters. The summed E-state index contributed by atoms with van der Waals surface area (Å²) in [6, 6.07) is 20.7. The lowest BCUT2D eigenvalue weighted by molar-refractivity contribution is -0.394. The lowest BCUT2D eigenvalue weighted by atomic mass is 10.1. The van der Waals surface area contributed by atoms with Crippen molar-refractivity contribution < 1.29 is 14.6 Å². The molecule has 0 bridgehead atoms. The summed E-state index contributed by atoms with van der Waals surface area (Å²) in [4.78, 5) is 21.4. The molecule has 0 saturated carbocycles. The van der Waals surface area contributed by atoms with Gasteiger partial charge < -0.3 is 4.74 Å². The number of nitro benzene ring substituents is 2. The summed E-state index contributed by atoms with van der Waals surface area (Å²) in [7, 11) is 1.61.